The minimum absolute atomic E-state index is 0. The molecule has 1 fully saturated rings. The van der Waals surface area contributed by atoms with E-state index < -0.39 is 64.6 Å². The first-order valence-corrected chi connectivity index (χ1v) is 14.7. The molecule has 0 bridgehead atoms. The van der Waals surface area contributed by atoms with E-state index in [-0.39, 0.29) is 33.5 Å². The van der Waals surface area contributed by atoms with Crippen LogP contribution in [0.2, 0.25) is 0 Å². The van der Waals surface area contributed by atoms with Crippen molar-refractivity contribution < 1.29 is 58.6 Å². The van der Waals surface area contributed by atoms with Gasteiger partial charge in [0.2, 0.25) is 11.6 Å². The Hall–Kier alpha value is -4.58. The van der Waals surface area contributed by atoms with E-state index in [4.69, 9.17) is 0 Å². The second-order valence-corrected chi connectivity index (χ2v) is 10.9. The SMILES string of the molecule is COc1c(F)c(F)c([C@H](O)[C@@H](N=C(c2ccccc2)c2ccccc2[N-]C(=O)[C@@H]2CCCN2Cc2ccccc2)C(=O)O)c(F)c1F.[Ni]. The third kappa shape index (κ3) is 7.59. The van der Waals surface area contributed by atoms with Crippen molar-refractivity contribution in [2.45, 2.75) is 37.6 Å². The summed E-state index contributed by atoms with van der Waals surface area (Å²) >= 11 is 0. The quantitative estimate of drug-likeness (QED) is 0.0801. The van der Waals surface area contributed by atoms with Crippen molar-refractivity contribution in [1.82, 2.24) is 4.90 Å². The van der Waals surface area contributed by atoms with Crippen molar-refractivity contribution in [3.8, 4) is 5.75 Å². The number of benzene rings is 4. The summed E-state index contributed by atoms with van der Waals surface area (Å²) in [5.41, 5.74) is -0.0332. The number of rotatable bonds is 11. The van der Waals surface area contributed by atoms with Crippen molar-refractivity contribution in [1.29, 1.82) is 0 Å². The van der Waals surface area contributed by atoms with Gasteiger partial charge in [-0.3, -0.25) is 9.89 Å². The number of amides is 1. The number of carboxylic acid groups (broad SMARTS) is 1. The van der Waals surface area contributed by atoms with Crippen LogP contribution in [0.25, 0.3) is 5.32 Å². The van der Waals surface area contributed by atoms with Crippen LogP contribution in [0.4, 0.5) is 23.2 Å². The fourth-order valence-corrected chi connectivity index (χ4v) is 5.60. The smallest absolute Gasteiger partial charge is 0.331 e. The van der Waals surface area contributed by atoms with Gasteiger partial charge in [0.15, 0.2) is 23.4 Å². The number of aliphatic imine (C=N–C) groups is 1. The average Bonchev–Trinajstić information content (AvgIpc) is 3.54. The van der Waals surface area contributed by atoms with Gasteiger partial charge in [-0.1, -0.05) is 84.9 Å². The number of ether oxygens (including phenoxy) is 1. The van der Waals surface area contributed by atoms with Crippen LogP contribution in [0, 0.1) is 23.3 Å². The van der Waals surface area contributed by atoms with Gasteiger partial charge in [-0.15, -0.1) is 5.69 Å². The molecule has 254 valence electrons. The van der Waals surface area contributed by atoms with Gasteiger partial charge in [0, 0.05) is 28.6 Å². The van der Waals surface area contributed by atoms with Gasteiger partial charge >= 0.3 is 5.97 Å². The zero-order chi connectivity index (χ0) is 33.7. The molecule has 1 heterocycles. The molecule has 1 saturated heterocycles. The van der Waals surface area contributed by atoms with Crippen LogP contribution >= 0.6 is 0 Å². The number of aliphatic carboxylic acids is 1. The van der Waals surface area contributed by atoms with Gasteiger partial charge in [0.1, 0.15) is 6.10 Å². The molecule has 0 aliphatic carbocycles. The van der Waals surface area contributed by atoms with E-state index in [0.29, 0.717) is 25.1 Å². The summed E-state index contributed by atoms with van der Waals surface area (Å²) in [6.45, 7) is 1.24. The van der Waals surface area contributed by atoms with Crippen LogP contribution in [0.15, 0.2) is 89.9 Å². The number of hydrogen-bond donors (Lipinski definition) is 2. The number of carbonyl (C=O) groups is 2. The maximum atomic E-state index is 15.0. The third-order valence-electron chi connectivity index (χ3n) is 7.89. The molecule has 0 spiro atoms. The molecule has 1 aliphatic heterocycles. The molecule has 0 unspecified atom stereocenters. The van der Waals surface area contributed by atoms with E-state index >= 15 is 0 Å². The summed E-state index contributed by atoms with van der Waals surface area (Å²) in [5, 5.41) is 25.4. The van der Waals surface area contributed by atoms with Crippen molar-refractivity contribution in [2.24, 2.45) is 4.99 Å². The maximum Gasteiger partial charge on any atom is 0.331 e. The second kappa shape index (κ2) is 16.0. The van der Waals surface area contributed by atoms with Crippen LogP contribution in [-0.4, -0.2) is 58.4 Å². The van der Waals surface area contributed by atoms with E-state index in [9.17, 15) is 37.4 Å². The molecule has 0 aromatic heterocycles. The Kier molecular flexibility index (Phi) is 12.1. The minimum Gasteiger partial charge on any atom is -0.625 e. The maximum absolute atomic E-state index is 15.0. The normalized spacial score (nSPS) is 16.1. The topological polar surface area (TPSA) is 114 Å². The number of nitrogens with zero attached hydrogens (tertiary/aromatic N) is 3. The molecule has 1 aliphatic rings. The van der Waals surface area contributed by atoms with Crippen LogP contribution in [0.1, 0.15) is 41.2 Å². The Morgan fingerprint density at radius 1 is 0.917 bits per heavy atom. The zero-order valence-corrected chi connectivity index (χ0v) is 26.4. The number of methoxy groups -OCH3 is 1. The molecule has 8 nitrogen and oxygen atoms in total. The first kappa shape index (κ1) is 36.3. The van der Waals surface area contributed by atoms with Crippen molar-refractivity contribution in [2.75, 3.05) is 13.7 Å². The summed E-state index contributed by atoms with van der Waals surface area (Å²) in [6.07, 6.45) is -1.32. The number of aliphatic hydroxyl groups excluding tert-OH is 1. The largest absolute Gasteiger partial charge is 0.625 e. The van der Waals surface area contributed by atoms with E-state index in [1.54, 1.807) is 42.5 Å². The number of carboxylic acids is 1. The van der Waals surface area contributed by atoms with E-state index in [0.717, 1.165) is 19.1 Å². The monoisotopic (exact) mass is 706 g/mol. The Bertz CT molecular complexity index is 1770. The van der Waals surface area contributed by atoms with Gasteiger partial charge in [-0.2, -0.15) is 8.78 Å². The summed E-state index contributed by atoms with van der Waals surface area (Å²) in [4.78, 5) is 32.3. The molecule has 4 aromatic rings. The van der Waals surface area contributed by atoms with Gasteiger partial charge in [0.25, 0.3) is 0 Å². The Morgan fingerprint density at radius 3 is 2.10 bits per heavy atom. The average molecular weight is 707 g/mol. The molecule has 3 atom stereocenters. The number of aliphatic hydroxyl groups is 1. The molecule has 0 radical (unpaired) electrons. The van der Waals surface area contributed by atoms with E-state index in [1.165, 1.54) is 12.1 Å². The Balaban J connectivity index is 0.00000520. The number of likely N-dealkylation sites (tertiary alicyclic amines) is 1. The molecule has 13 heteroatoms. The van der Waals surface area contributed by atoms with Crippen LogP contribution in [0.5, 0.6) is 5.75 Å². The van der Waals surface area contributed by atoms with Crippen molar-refractivity contribution in [3.05, 3.63) is 136 Å². The standard InChI is InChI=1S/C35H31F4N3O5.Ni/c1-47-33-28(38)26(36)25(27(37)29(33)39)32(43)31(35(45)46)41-30(21-13-6-3-7-14-21)22-15-8-9-16-23(22)40-34(44)24-17-10-18-42(24)19-20-11-4-2-5-12-20;/h2-9,11-16,24,31-32,43H,10,17-19H2,1H3,(H2,40,41,44,45,46);/p-1/t24-,31+,32-;/m0./s1. The number of halogens is 4. The molecule has 4 aromatic carbocycles. The summed E-state index contributed by atoms with van der Waals surface area (Å²) < 4.78 is 63.3. The molecule has 0 saturated carbocycles. The molecule has 48 heavy (non-hydrogen) atoms. The van der Waals surface area contributed by atoms with Crippen LogP contribution < -0.4 is 4.74 Å². The number of para-hydroxylation sites is 1. The minimum atomic E-state index is -2.68. The third-order valence-corrected chi connectivity index (χ3v) is 7.89. The molecule has 2 N–H and O–H groups in total. The van der Waals surface area contributed by atoms with Crippen molar-refractivity contribution >= 4 is 23.3 Å². The Morgan fingerprint density at radius 2 is 1.50 bits per heavy atom. The van der Waals surface area contributed by atoms with Gasteiger partial charge < -0.3 is 25.1 Å². The van der Waals surface area contributed by atoms with Crippen molar-refractivity contribution in [3.63, 3.8) is 0 Å². The van der Waals surface area contributed by atoms with Crippen LogP contribution in [0.3, 0.4) is 0 Å². The summed E-state index contributed by atoms with van der Waals surface area (Å²) in [7, 11) is 0.785. The molecule has 1 amide bonds. The zero-order valence-electron chi connectivity index (χ0n) is 25.4. The van der Waals surface area contributed by atoms with Gasteiger partial charge in [0.05, 0.1) is 30.3 Å². The second-order valence-electron chi connectivity index (χ2n) is 10.9. The Labute approximate surface area is 284 Å². The van der Waals surface area contributed by atoms with Gasteiger partial charge in [-0.25, -0.2) is 13.6 Å². The first-order valence-electron chi connectivity index (χ1n) is 14.7. The molecule has 5 rings (SSSR count). The van der Waals surface area contributed by atoms with E-state index in [2.05, 4.69) is 15.0 Å². The molecular formula is C35H30F4N3NiO5-. The number of hydrogen-bond acceptors (Lipinski definition) is 6. The van der Waals surface area contributed by atoms with Gasteiger partial charge in [-0.05, 0) is 30.5 Å². The van der Waals surface area contributed by atoms with Crippen LogP contribution in [-0.2, 0) is 32.6 Å². The predicted molar refractivity (Wildman–Crippen MR) is 166 cm³/mol. The van der Waals surface area contributed by atoms with E-state index in [1.807, 2.05) is 35.2 Å². The first-order chi connectivity index (χ1) is 22.6. The summed E-state index contributed by atoms with van der Waals surface area (Å²) in [5.74, 6) is -11.6. The fourth-order valence-electron chi connectivity index (χ4n) is 5.60. The predicted octanol–water partition coefficient (Wildman–Crippen LogP) is 6.47. The number of carbonyl (C=O) groups excluding carboxylic acids is 1. The summed E-state index contributed by atoms with van der Waals surface area (Å²) in [6, 6.07) is 21.1. The molecular weight excluding hydrogens is 677 g/mol. The fraction of sp³-hybridized carbons (Fsp3) is 0.229.